The van der Waals surface area contributed by atoms with E-state index in [9.17, 15) is 38.4 Å². The van der Waals surface area contributed by atoms with Gasteiger partial charge in [0.15, 0.2) is 0 Å². The fourth-order valence-electron chi connectivity index (χ4n) is 0.519. The van der Waals surface area contributed by atoms with Crippen molar-refractivity contribution in [1.82, 2.24) is 0 Å². The molecule has 0 aliphatic heterocycles. The molecular weight excluding hydrogens is 433 g/mol. The summed E-state index contributed by atoms with van der Waals surface area (Å²) in [5, 5.41) is -8.31. The average molecular weight is 443 g/mol. The molecule has 21 heavy (non-hydrogen) atoms. The first-order valence-electron chi connectivity index (χ1n) is 3.56. The molecule has 0 aromatic heterocycles. The van der Waals surface area contributed by atoms with Crippen molar-refractivity contribution in [3.05, 3.63) is 0 Å². The van der Waals surface area contributed by atoms with Crippen LogP contribution in [-0.4, -0.2) is 47.2 Å². The van der Waals surface area contributed by atoms with Gasteiger partial charge in [-0.15, -0.1) is 0 Å². The Labute approximate surface area is 130 Å². The summed E-state index contributed by atoms with van der Waals surface area (Å²) in [6, 6.07) is 0. The summed E-state index contributed by atoms with van der Waals surface area (Å²) >= 11 is 2.31. The zero-order valence-electron chi connectivity index (χ0n) is 9.79. The van der Waals surface area contributed by atoms with Crippen LogP contribution < -0.4 is 0 Å². The van der Waals surface area contributed by atoms with Gasteiger partial charge in [0.25, 0.3) is 0 Å². The molecule has 0 unspecified atom stereocenters. The van der Waals surface area contributed by atoms with Crippen LogP contribution in [-0.2, 0) is 83.1 Å². The van der Waals surface area contributed by atoms with Gasteiger partial charge in [-0.2, -0.15) is 0 Å². The van der Waals surface area contributed by atoms with E-state index in [4.69, 9.17) is 3.87 Å². The van der Waals surface area contributed by atoms with Gasteiger partial charge in [0.1, 0.15) is 0 Å². The predicted molar refractivity (Wildman–Crippen MR) is 58.3 cm³/mol. The van der Waals surface area contributed by atoms with Crippen LogP contribution in [0.25, 0.3) is 0 Å². The van der Waals surface area contributed by atoms with Gasteiger partial charge >= 0.3 is 108 Å². The Morgan fingerprint density at radius 2 is 0.571 bits per heavy atom. The zero-order valence-corrected chi connectivity index (χ0v) is 12.9. The van der Waals surface area contributed by atoms with Crippen molar-refractivity contribution >= 4 is 41.8 Å². The molecule has 0 rings (SSSR count). The van der Waals surface area contributed by atoms with Crippen LogP contribution in [0.5, 0.6) is 0 Å². The fourth-order valence-corrected chi connectivity index (χ4v) is 2.14. The minimum atomic E-state index is -8.64. The van der Waals surface area contributed by atoms with Crippen LogP contribution in [0.15, 0.2) is 0 Å². The van der Waals surface area contributed by atoms with E-state index < -0.39 is 50.2 Å². The van der Waals surface area contributed by atoms with E-state index in [1.807, 2.05) is 0 Å². The average Bonchev–Trinajstić information content (AvgIpc) is 2.58. The third kappa shape index (κ3) is 1.73. The Morgan fingerprint density at radius 1 is 0.476 bits per heavy atom. The molecule has 1 radical (unpaired) electrons. The van der Waals surface area contributed by atoms with Crippen LogP contribution in [0.2, 0.25) is 0 Å². The summed E-state index contributed by atoms with van der Waals surface area (Å²) in [6.45, 7) is 0. The van der Waals surface area contributed by atoms with Crippen LogP contribution in [0.3, 0.4) is 0 Å². The molecule has 0 saturated carbocycles. The molecule has 0 heterocycles. The second-order valence-electron chi connectivity index (χ2n) is 3.74. The SMILES string of the molecule is O.O=[CH][Co]([CH]=O)([CH]=O)([CH]=O)([CH]=O)([CH]=O)([CH]=O)[CH]=O.[Co].[O]=[Co]. The maximum absolute atomic E-state index is 11.2. The second-order valence-corrected chi connectivity index (χ2v) is 15.4. The summed E-state index contributed by atoms with van der Waals surface area (Å²) in [6.07, 6.45) is 0. The number of rotatable bonds is 8. The van der Waals surface area contributed by atoms with Crippen molar-refractivity contribution in [2.24, 2.45) is 0 Å². The van der Waals surface area contributed by atoms with E-state index in [-0.39, 0.29) is 22.3 Å². The molecular formula is C8H10Co3O10. The van der Waals surface area contributed by atoms with Crippen LogP contribution >= 0.6 is 0 Å². The van der Waals surface area contributed by atoms with Crippen molar-refractivity contribution in [1.29, 1.82) is 0 Å². The third-order valence-corrected chi connectivity index (χ3v) is 10.5. The summed E-state index contributed by atoms with van der Waals surface area (Å²) in [7, 11) is -8.64. The predicted octanol–water partition coefficient (Wildman–Crippen LogP) is -3.14. The van der Waals surface area contributed by atoms with E-state index in [1.54, 1.807) is 0 Å². The van der Waals surface area contributed by atoms with Crippen LogP contribution in [0, 0.1) is 0 Å². The summed E-state index contributed by atoms with van der Waals surface area (Å²) in [5.41, 5.74) is 0. The Bertz CT molecular complexity index is 415. The van der Waals surface area contributed by atoms with Crippen molar-refractivity contribution in [3.8, 4) is 0 Å². The molecule has 0 aliphatic rings. The van der Waals surface area contributed by atoms with Gasteiger partial charge < -0.3 is 5.48 Å². The Hall–Kier alpha value is -1.36. The molecule has 129 valence electrons. The van der Waals surface area contributed by atoms with Crippen molar-refractivity contribution in [3.63, 3.8) is 0 Å². The molecule has 0 saturated heterocycles. The monoisotopic (exact) mass is 443 g/mol. The molecule has 0 aromatic carbocycles. The quantitative estimate of drug-likeness (QED) is 0.350. The molecule has 0 fully saturated rings. The van der Waals surface area contributed by atoms with Crippen molar-refractivity contribution < 1.29 is 88.6 Å². The van der Waals surface area contributed by atoms with Crippen LogP contribution in [0.1, 0.15) is 0 Å². The third-order valence-electron chi connectivity index (χ3n) is 2.54. The van der Waals surface area contributed by atoms with Gasteiger partial charge in [-0.3, -0.25) is 0 Å². The number of carbonyl (C=O) groups is 8. The van der Waals surface area contributed by atoms with Gasteiger partial charge in [0.05, 0.1) is 0 Å². The molecule has 0 amide bonds. The van der Waals surface area contributed by atoms with E-state index in [2.05, 4.69) is 15.7 Å². The van der Waals surface area contributed by atoms with Gasteiger partial charge in [0.2, 0.25) is 0 Å². The summed E-state index contributed by atoms with van der Waals surface area (Å²) in [5.74, 6) is 0. The van der Waals surface area contributed by atoms with E-state index in [0.29, 0.717) is 0 Å². The molecule has 0 atom stereocenters. The van der Waals surface area contributed by atoms with Gasteiger partial charge in [-0.25, -0.2) is 0 Å². The fraction of sp³-hybridized carbons (Fsp3) is 0. The van der Waals surface area contributed by atoms with Gasteiger partial charge in [0, 0.05) is 16.8 Å². The van der Waals surface area contributed by atoms with Gasteiger partial charge in [-0.05, 0) is 0 Å². The zero-order chi connectivity index (χ0) is 16.0. The standard InChI is InChI=1S/8CHO.3Co.H2O.O/c8*1-2;;;;;/h8*1H;;;;1H2;. The molecule has 0 spiro atoms. The Kier molecular flexibility index (Phi) is 6.42. The molecule has 0 aliphatic carbocycles. The van der Waals surface area contributed by atoms with E-state index in [0.717, 1.165) is 0 Å². The first kappa shape index (κ1) is 27.9. The van der Waals surface area contributed by atoms with E-state index in [1.165, 1.54) is 0 Å². The first-order chi connectivity index (χ1) is 8.66. The summed E-state index contributed by atoms with van der Waals surface area (Å²) < 4.78 is 7.94. The normalized spacial score (nSPS) is 16.2. The van der Waals surface area contributed by atoms with Crippen molar-refractivity contribution in [2.75, 3.05) is 0 Å². The second kappa shape index (κ2) is 4.83. The number of hydrogen-bond acceptors (Lipinski definition) is 9. The number of hydrogen-bond donors (Lipinski definition) is 0. The van der Waals surface area contributed by atoms with E-state index >= 15 is 0 Å². The topological polar surface area (TPSA) is 185 Å². The maximum atomic E-state index is 11.2. The van der Waals surface area contributed by atoms with Crippen LogP contribution in [0.4, 0.5) is 0 Å². The first-order valence-corrected chi connectivity index (χ1v) is 8.79. The molecule has 2 N–H and O–H groups in total. The van der Waals surface area contributed by atoms with Gasteiger partial charge in [-0.1, -0.05) is 0 Å². The Morgan fingerprint density at radius 3 is 0.571 bits per heavy atom. The van der Waals surface area contributed by atoms with Crippen molar-refractivity contribution in [2.45, 2.75) is 0 Å². The Balaban J connectivity index is -0.000000344. The molecule has 13 heteroatoms. The number of carbonyl (C=O) groups excluding carboxylic acids is 8. The summed E-state index contributed by atoms with van der Waals surface area (Å²) in [4.78, 5) is 89.4. The minimum absolute atomic E-state index is 0. The molecule has 10 nitrogen and oxygen atoms in total. The molecule has 0 bridgehead atoms. The molecule has 0 aromatic rings.